The van der Waals surface area contributed by atoms with E-state index in [9.17, 15) is 14.4 Å². The average molecular weight is 386 g/mol. The number of Topliss-reactive ketones (excluding diaryl/α,β-unsaturated/α-hetero) is 1. The highest BCUT2D eigenvalue weighted by atomic mass is 35.5. The maximum absolute atomic E-state index is 12.2. The maximum atomic E-state index is 12.2. The molecule has 2 aromatic carbocycles. The molecule has 0 unspecified atom stereocenters. The largest absolute Gasteiger partial charge is 0.449 e. The van der Waals surface area contributed by atoms with Crippen LogP contribution in [0.5, 0.6) is 0 Å². The van der Waals surface area contributed by atoms with Crippen LogP contribution in [0.15, 0.2) is 52.9 Å². The lowest BCUT2D eigenvalue weighted by Crippen LogP contribution is -2.29. The molecule has 0 aliphatic rings. The van der Waals surface area contributed by atoms with E-state index >= 15 is 0 Å². The molecule has 0 radical (unpaired) electrons. The first kappa shape index (κ1) is 18.7. The Kier molecular flexibility index (Phi) is 5.28. The number of carbonyl (C=O) groups excluding carboxylic acids is 3. The number of nitrogens with one attached hydrogen (secondary N) is 1. The van der Waals surface area contributed by atoms with Gasteiger partial charge in [0.25, 0.3) is 5.91 Å². The van der Waals surface area contributed by atoms with Gasteiger partial charge >= 0.3 is 5.97 Å². The van der Waals surface area contributed by atoms with E-state index in [-0.39, 0.29) is 11.5 Å². The molecule has 0 saturated heterocycles. The summed E-state index contributed by atoms with van der Waals surface area (Å²) in [6.45, 7) is 2.91. The van der Waals surface area contributed by atoms with Crippen LogP contribution in [0.1, 0.15) is 34.8 Å². The molecule has 3 rings (SSSR count). The van der Waals surface area contributed by atoms with E-state index in [0.717, 1.165) is 0 Å². The van der Waals surface area contributed by atoms with E-state index in [1.54, 1.807) is 42.5 Å². The highest BCUT2D eigenvalue weighted by molar-refractivity contribution is 6.31. The maximum Gasteiger partial charge on any atom is 0.375 e. The van der Waals surface area contributed by atoms with Crippen molar-refractivity contribution in [3.63, 3.8) is 0 Å². The van der Waals surface area contributed by atoms with Crippen molar-refractivity contribution in [1.82, 2.24) is 0 Å². The highest BCUT2D eigenvalue weighted by Gasteiger charge is 2.22. The molecule has 1 atom stereocenters. The van der Waals surface area contributed by atoms with Gasteiger partial charge in [0, 0.05) is 21.7 Å². The fraction of sp³-hybridized carbons (Fsp3) is 0.150. The number of benzene rings is 2. The second-order valence-electron chi connectivity index (χ2n) is 5.96. The number of carbonyl (C=O) groups is 3. The fourth-order valence-electron chi connectivity index (χ4n) is 2.42. The lowest BCUT2D eigenvalue weighted by Gasteiger charge is -2.12. The molecular weight excluding hydrogens is 370 g/mol. The van der Waals surface area contributed by atoms with Gasteiger partial charge in [-0.2, -0.15) is 0 Å². The number of halogens is 1. The zero-order valence-electron chi connectivity index (χ0n) is 14.6. The number of esters is 1. The zero-order chi connectivity index (χ0) is 19.6. The number of rotatable bonds is 5. The Morgan fingerprint density at radius 3 is 2.44 bits per heavy atom. The molecule has 3 aromatic rings. The van der Waals surface area contributed by atoms with E-state index in [0.29, 0.717) is 27.2 Å². The first-order chi connectivity index (χ1) is 12.8. The minimum atomic E-state index is -1.04. The molecule has 138 valence electrons. The van der Waals surface area contributed by atoms with Crippen molar-refractivity contribution in [3.8, 4) is 0 Å². The molecular formula is C20H16ClNO5. The number of furan rings is 1. The van der Waals surface area contributed by atoms with Crippen LogP contribution < -0.4 is 5.32 Å². The predicted molar refractivity (Wildman–Crippen MR) is 101 cm³/mol. The Bertz CT molecular complexity index is 1020. The van der Waals surface area contributed by atoms with Gasteiger partial charge in [0.1, 0.15) is 5.58 Å². The first-order valence-electron chi connectivity index (χ1n) is 8.15. The second-order valence-corrected chi connectivity index (χ2v) is 6.40. The number of ether oxygens (including phenoxy) is 1. The summed E-state index contributed by atoms with van der Waals surface area (Å²) in [7, 11) is 0. The Morgan fingerprint density at radius 2 is 1.78 bits per heavy atom. The molecule has 0 aliphatic carbocycles. The molecule has 6 nitrogen and oxygen atoms in total. The third-order valence-electron chi connectivity index (χ3n) is 3.89. The van der Waals surface area contributed by atoms with E-state index in [2.05, 4.69) is 5.32 Å². The minimum Gasteiger partial charge on any atom is -0.449 e. The molecule has 0 saturated carbocycles. The first-order valence-corrected chi connectivity index (χ1v) is 8.53. The molecule has 1 amide bonds. The molecule has 1 heterocycles. The zero-order valence-corrected chi connectivity index (χ0v) is 15.4. The molecule has 0 spiro atoms. The van der Waals surface area contributed by atoms with Gasteiger partial charge in [0.2, 0.25) is 5.76 Å². The minimum absolute atomic E-state index is 0.0160. The SMILES string of the molecule is CC(=O)c1ccc(NC(=O)[C@H](C)OC(=O)c2cc3cc(Cl)ccc3o2)cc1. The fourth-order valence-corrected chi connectivity index (χ4v) is 2.60. The van der Waals surface area contributed by atoms with Crippen molar-refractivity contribution in [1.29, 1.82) is 0 Å². The van der Waals surface area contributed by atoms with Gasteiger partial charge < -0.3 is 14.5 Å². The second kappa shape index (κ2) is 7.63. The van der Waals surface area contributed by atoms with Crippen molar-refractivity contribution < 1.29 is 23.5 Å². The summed E-state index contributed by atoms with van der Waals surface area (Å²) in [5.74, 6) is -1.34. The van der Waals surface area contributed by atoms with E-state index in [1.165, 1.54) is 19.9 Å². The summed E-state index contributed by atoms with van der Waals surface area (Å²) >= 11 is 5.91. The lowest BCUT2D eigenvalue weighted by atomic mass is 10.1. The summed E-state index contributed by atoms with van der Waals surface area (Å²) in [6.07, 6.45) is -1.04. The van der Waals surface area contributed by atoms with Gasteiger partial charge in [-0.25, -0.2) is 4.79 Å². The number of hydrogen-bond donors (Lipinski definition) is 1. The summed E-state index contributed by atoms with van der Waals surface area (Å²) in [6, 6.07) is 12.9. The van der Waals surface area contributed by atoms with Crippen LogP contribution in [0.4, 0.5) is 5.69 Å². The molecule has 0 aliphatic heterocycles. The summed E-state index contributed by atoms with van der Waals surface area (Å²) in [5, 5.41) is 3.81. The Balaban J connectivity index is 1.64. The molecule has 27 heavy (non-hydrogen) atoms. The van der Waals surface area contributed by atoms with E-state index < -0.39 is 18.0 Å². The molecule has 0 bridgehead atoms. The highest BCUT2D eigenvalue weighted by Crippen LogP contribution is 2.23. The van der Waals surface area contributed by atoms with Gasteiger partial charge in [-0.15, -0.1) is 0 Å². The third-order valence-corrected chi connectivity index (χ3v) is 4.13. The Hall–Kier alpha value is -3.12. The average Bonchev–Trinajstić information content (AvgIpc) is 3.05. The topological polar surface area (TPSA) is 85.6 Å². The van der Waals surface area contributed by atoms with Crippen LogP contribution in [-0.2, 0) is 9.53 Å². The molecule has 0 fully saturated rings. The van der Waals surface area contributed by atoms with Crippen LogP contribution in [0.25, 0.3) is 11.0 Å². The van der Waals surface area contributed by atoms with Gasteiger partial charge in [-0.05, 0) is 62.4 Å². The molecule has 7 heteroatoms. The monoisotopic (exact) mass is 385 g/mol. The van der Waals surface area contributed by atoms with Crippen LogP contribution in [0.3, 0.4) is 0 Å². The van der Waals surface area contributed by atoms with Crippen LogP contribution in [0, 0.1) is 0 Å². The lowest BCUT2D eigenvalue weighted by molar-refractivity contribution is -0.123. The van der Waals surface area contributed by atoms with Crippen LogP contribution in [0.2, 0.25) is 5.02 Å². The molecule has 1 N–H and O–H groups in total. The van der Waals surface area contributed by atoms with Crippen molar-refractivity contribution in [2.45, 2.75) is 20.0 Å². The van der Waals surface area contributed by atoms with Crippen molar-refractivity contribution in [3.05, 3.63) is 64.9 Å². The van der Waals surface area contributed by atoms with Crippen molar-refractivity contribution in [2.75, 3.05) is 5.32 Å². The molecule has 1 aromatic heterocycles. The number of anilines is 1. The Morgan fingerprint density at radius 1 is 1.07 bits per heavy atom. The quantitative estimate of drug-likeness (QED) is 0.517. The van der Waals surface area contributed by atoms with Gasteiger partial charge in [-0.1, -0.05) is 11.6 Å². The van der Waals surface area contributed by atoms with E-state index in [4.69, 9.17) is 20.8 Å². The number of fused-ring (bicyclic) bond motifs is 1. The van der Waals surface area contributed by atoms with Gasteiger partial charge in [-0.3, -0.25) is 9.59 Å². The van der Waals surface area contributed by atoms with Crippen LogP contribution in [-0.4, -0.2) is 23.8 Å². The van der Waals surface area contributed by atoms with Gasteiger partial charge in [0.15, 0.2) is 11.9 Å². The van der Waals surface area contributed by atoms with Crippen LogP contribution >= 0.6 is 11.6 Å². The summed E-state index contributed by atoms with van der Waals surface area (Å²) < 4.78 is 10.6. The van der Waals surface area contributed by atoms with Gasteiger partial charge in [0.05, 0.1) is 0 Å². The van der Waals surface area contributed by atoms with Crippen molar-refractivity contribution in [2.24, 2.45) is 0 Å². The van der Waals surface area contributed by atoms with Crippen molar-refractivity contribution >= 4 is 45.9 Å². The smallest absolute Gasteiger partial charge is 0.375 e. The standard InChI is InChI=1S/C20H16ClNO5/c1-11(23)13-3-6-16(7-4-13)22-19(24)12(2)26-20(25)18-10-14-9-15(21)5-8-17(14)27-18/h3-10,12H,1-2H3,(H,22,24)/t12-/m0/s1. The predicted octanol–water partition coefficient (Wildman–Crippen LogP) is 4.47. The van der Waals surface area contributed by atoms with E-state index in [1.807, 2.05) is 0 Å². The Labute approximate surface area is 160 Å². The number of hydrogen-bond acceptors (Lipinski definition) is 5. The number of amides is 1. The summed E-state index contributed by atoms with van der Waals surface area (Å²) in [5.41, 5.74) is 1.53. The normalized spacial score (nSPS) is 11.8. The third kappa shape index (κ3) is 4.35. The summed E-state index contributed by atoms with van der Waals surface area (Å²) in [4.78, 5) is 35.7. The number of ketones is 1.